The number of nitrogen functional groups attached to an aromatic ring is 1. The number of pyridine rings is 1. The summed E-state index contributed by atoms with van der Waals surface area (Å²) >= 11 is 0. The maximum Gasteiger partial charge on any atom is 0.151 e. The minimum absolute atomic E-state index is 0.517. The molecule has 1 aliphatic rings. The SMILES string of the molecule is Cc1nc2c(N)nc3c(c2n1CC(C)(C)O)CCCCC3. The number of hydrogen-bond acceptors (Lipinski definition) is 4. The topological polar surface area (TPSA) is 77.0 Å². The van der Waals surface area contributed by atoms with Crippen LogP contribution in [0.5, 0.6) is 0 Å². The van der Waals surface area contributed by atoms with E-state index >= 15 is 0 Å². The van der Waals surface area contributed by atoms with Gasteiger partial charge in [0.2, 0.25) is 0 Å². The summed E-state index contributed by atoms with van der Waals surface area (Å²) in [5.41, 5.74) is 9.61. The van der Waals surface area contributed by atoms with Crippen molar-refractivity contribution in [3.63, 3.8) is 0 Å². The lowest BCUT2D eigenvalue weighted by Crippen LogP contribution is -2.27. The highest BCUT2D eigenvalue weighted by molar-refractivity contribution is 5.89. The van der Waals surface area contributed by atoms with Gasteiger partial charge in [-0.2, -0.15) is 0 Å². The number of rotatable bonds is 2. The van der Waals surface area contributed by atoms with E-state index in [1.165, 1.54) is 24.8 Å². The molecule has 3 N–H and O–H groups in total. The molecule has 5 heteroatoms. The molecular formula is C16H24N4O. The number of nitrogens with zero attached hydrogens (tertiary/aromatic N) is 3. The first-order valence-electron chi connectivity index (χ1n) is 7.73. The highest BCUT2D eigenvalue weighted by Crippen LogP contribution is 2.31. The van der Waals surface area contributed by atoms with Crippen molar-refractivity contribution < 1.29 is 5.11 Å². The average molecular weight is 288 g/mol. The van der Waals surface area contributed by atoms with Gasteiger partial charge in [-0.3, -0.25) is 0 Å². The molecule has 2 heterocycles. The van der Waals surface area contributed by atoms with E-state index in [4.69, 9.17) is 5.73 Å². The summed E-state index contributed by atoms with van der Waals surface area (Å²) < 4.78 is 2.11. The van der Waals surface area contributed by atoms with Crippen LogP contribution in [0, 0.1) is 6.92 Å². The van der Waals surface area contributed by atoms with E-state index < -0.39 is 5.60 Å². The van der Waals surface area contributed by atoms with E-state index in [2.05, 4.69) is 14.5 Å². The molecule has 0 spiro atoms. The van der Waals surface area contributed by atoms with E-state index in [1.807, 2.05) is 20.8 Å². The van der Waals surface area contributed by atoms with Crippen LogP contribution in [0.1, 0.15) is 50.2 Å². The van der Waals surface area contributed by atoms with E-state index in [0.29, 0.717) is 12.4 Å². The second-order valence-corrected chi connectivity index (χ2v) is 6.74. The fourth-order valence-electron chi connectivity index (χ4n) is 3.27. The van der Waals surface area contributed by atoms with Crippen LogP contribution in [0.2, 0.25) is 0 Å². The normalized spacial score (nSPS) is 16.0. The Morgan fingerprint density at radius 2 is 1.90 bits per heavy atom. The average Bonchev–Trinajstić information content (AvgIpc) is 2.58. The van der Waals surface area contributed by atoms with Gasteiger partial charge >= 0.3 is 0 Å². The van der Waals surface area contributed by atoms with E-state index in [0.717, 1.165) is 35.4 Å². The van der Waals surface area contributed by atoms with Crippen molar-refractivity contribution in [2.24, 2.45) is 0 Å². The van der Waals surface area contributed by atoms with Gasteiger partial charge < -0.3 is 15.4 Å². The van der Waals surface area contributed by atoms with Gasteiger partial charge in [0, 0.05) is 5.69 Å². The minimum atomic E-state index is -0.784. The summed E-state index contributed by atoms with van der Waals surface area (Å²) in [5, 5.41) is 10.2. The molecule has 0 fully saturated rings. The van der Waals surface area contributed by atoms with Gasteiger partial charge in [-0.25, -0.2) is 9.97 Å². The van der Waals surface area contributed by atoms with Gasteiger partial charge in [-0.1, -0.05) is 6.42 Å². The van der Waals surface area contributed by atoms with Gasteiger partial charge in [-0.05, 0) is 52.0 Å². The molecule has 21 heavy (non-hydrogen) atoms. The predicted molar refractivity (Wildman–Crippen MR) is 84.2 cm³/mol. The largest absolute Gasteiger partial charge is 0.389 e. The van der Waals surface area contributed by atoms with Gasteiger partial charge in [0.1, 0.15) is 11.3 Å². The molecular weight excluding hydrogens is 264 g/mol. The first kappa shape index (κ1) is 14.3. The monoisotopic (exact) mass is 288 g/mol. The van der Waals surface area contributed by atoms with Crippen molar-refractivity contribution in [3.8, 4) is 0 Å². The molecule has 1 aliphatic carbocycles. The van der Waals surface area contributed by atoms with Crippen LogP contribution in [0.25, 0.3) is 11.0 Å². The summed E-state index contributed by atoms with van der Waals surface area (Å²) in [7, 11) is 0. The first-order chi connectivity index (χ1) is 9.87. The van der Waals surface area contributed by atoms with Crippen molar-refractivity contribution >= 4 is 16.9 Å². The van der Waals surface area contributed by atoms with Gasteiger partial charge in [0.25, 0.3) is 0 Å². The van der Waals surface area contributed by atoms with Crippen molar-refractivity contribution in [3.05, 3.63) is 17.1 Å². The Kier molecular flexibility index (Phi) is 3.40. The molecule has 0 amide bonds. The van der Waals surface area contributed by atoms with Crippen LogP contribution >= 0.6 is 0 Å². The van der Waals surface area contributed by atoms with Crippen LogP contribution < -0.4 is 5.73 Å². The predicted octanol–water partition coefficient (Wildman–Crippen LogP) is 2.36. The zero-order chi connectivity index (χ0) is 15.2. The molecule has 2 aromatic rings. The standard InChI is InChI=1S/C16H24N4O/c1-10-18-13-14(20(10)9-16(2,3)21)11-7-5-4-6-8-12(11)19-15(13)17/h21H,4-9H2,1-3H3,(H2,17,19). The molecule has 0 unspecified atom stereocenters. The summed E-state index contributed by atoms with van der Waals surface area (Å²) in [6.45, 7) is 6.13. The van der Waals surface area contributed by atoms with Gasteiger partial charge in [-0.15, -0.1) is 0 Å². The summed E-state index contributed by atoms with van der Waals surface area (Å²) in [4.78, 5) is 9.19. The third kappa shape index (κ3) is 2.62. The molecule has 0 aliphatic heterocycles. The van der Waals surface area contributed by atoms with Crippen LogP contribution in [-0.2, 0) is 19.4 Å². The Balaban J connectivity index is 2.27. The third-order valence-corrected chi connectivity index (χ3v) is 4.18. The van der Waals surface area contributed by atoms with Crippen molar-refractivity contribution in [1.29, 1.82) is 0 Å². The number of aromatic nitrogens is 3. The number of aryl methyl sites for hydroxylation is 3. The second kappa shape index (κ2) is 4.98. The summed E-state index contributed by atoms with van der Waals surface area (Å²) in [5.74, 6) is 1.40. The van der Waals surface area contributed by atoms with Crippen LogP contribution in [0.4, 0.5) is 5.82 Å². The molecule has 0 saturated carbocycles. The van der Waals surface area contributed by atoms with Crippen molar-refractivity contribution in [2.45, 2.75) is 65.0 Å². The minimum Gasteiger partial charge on any atom is -0.389 e. The highest BCUT2D eigenvalue weighted by atomic mass is 16.3. The maximum atomic E-state index is 10.2. The second-order valence-electron chi connectivity index (χ2n) is 6.74. The summed E-state index contributed by atoms with van der Waals surface area (Å²) in [6, 6.07) is 0. The Morgan fingerprint density at radius 3 is 2.62 bits per heavy atom. The molecule has 0 radical (unpaired) electrons. The number of aliphatic hydroxyl groups is 1. The lowest BCUT2D eigenvalue weighted by molar-refractivity contribution is 0.0620. The van der Waals surface area contributed by atoms with Crippen molar-refractivity contribution in [2.75, 3.05) is 5.73 Å². The number of imidazole rings is 1. The Bertz CT molecular complexity index is 682. The van der Waals surface area contributed by atoms with E-state index in [-0.39, 0.29) is 0 Å². The molecule has 114 valence electrons. The molecule has 3 rings (SSSR count). The summed E-state index contributed by atoms with van der Waals surface area (Å²) in [6.07, 6.45) is 5.60. The number of nitrogens with two attached hydrogens (primary N) is 1. The zero-order valence-corrected chi connectivity index (χ0v) is 13.1. The Morgan fingerprint density at radius 1 is 1.19 bits per heavy atom. The lowest BCUT2D eigenvalue weighted by Gasteiger charge is -2.21. The molecule has 0 saturated heterocycles. The van der Waals surface area contributed by atoms with Gasteiger partial charge in [0.15, 0.2) is 5.82 Å². The Labute approximate surface area is 125 Å². The van der Waals surface area contributed by atoms with Crippen molar-refractivity contribution in [1.82, 2.24) is 14.5 Å². The van der Waals surface area contributed by atoms with Crippen LogP contribution in [-0.4, -0.2) is 25.2 Å². The maximum absolute atomic E-state index is 10.2. The fraction of sp³-hybridized carbons (Fsp3) is 0.625. The Hall–Kier alpha value is -1.62. The van der Waals surface area contributed by atoms with Crippen LogP contribution in [0.3, 0.4) is 0 Å². The molecule has 0 aromatic carbocycles. The van der Waals surface area contributed by atoms with E-state index in [9.17, 15) is 5.11 Å². The highest BCUT2D eigenvalue weighted by Gasteiger charge is 2.23. The number of fused-ring (bicyclic) bond motifs is 3. The molecule has 0 bridgehead atoms. The fourth-order valence-corrected chi connectivity index (χ4v) is 3.27. The third-order valence-electron chi connectivity index (χ3n) is 4.18. The van der Waals surface area contributed by atoms with Crippen LogP contribution in [0.15, 0.2) is 0 Å². The van der Waals surface area contributed by atoms with Gasteiger partial charge in [0.05, 0.1) is 17.7 Å². The number of hydrogen-bond donors (Lipinski definition) is 2. The quantitative estimate of drug-likeness (QED) is 0.832. The smallest absolute Gasteiger partial charge is 0.151 e. The first-order valence-corrected chi connectivity index (χ1v) is 7.73. The molecule has 0 atom stereocenters. The van der Waals surface area contributed by atoms with E-state index in [1.54, 1.807) is 0 Å². The number of anilines is 1. The molecule has 5 nitrogen and oxygen atoms in total. The zero-order valence-electron chi connectivity index (χ0n) is 13.1. The lowest BCUT2D eigenvalue weighted by atomic mass is 10.1. The molecule has 2 aromatic heterocycles.